The molecule has 0 spiro atoms. The van der Waals surface area contributed by atoms with Gasteiger partial charge in [0.1, 0.15) is 16.7 Å². The molecule has 1 unspecified atom stereocenters. The lowest BCUT2D eigenvalue weighted by atomic mass is 9.98. The lowest BCUT2D eigenvalue weighted by Crippen LogP contribution is -2.44. The van der Waals surface area contributed by atoms with Crippen LogP contribution in [0.4, 0.5) is 11.4 Å². The molecule has 1 aliphatic heterocycles. The van der Waals surface area contributed by atoms with Crippen LogP contribution in [0.3, 0.4) is 0 Å². The Morgan fingerprint density at radius 2 is 1.65 bits per heavy atom. The van der Waals surface area contributed by atoms with E-state index < -0.39 is 11.0 Å². The van der Waals surface area contributed by atoms with Crippen molar-refractivity contribution in [2.24, 2.45) is 0 Å². The predicted molar refractivity (Wildman–Crippen MR) is 147 cm³/mol. The van der Waals surface area contributed by atoms with E-state index in [9.17, 15) is 4.21 Å². The molecule has 192 valence electrons. The van der Waals surface area contributed by atoms with Gasteiger partial charge in [-0.1, -0.05) is 18.2 Å². The first-order valence-corrected chi connectivity index (χ1v) is 13.4. The number of piperazine rings is 1. The van der Waals surface area contributed by atoms with E-state index in [1.54, 1.807) is 14.0 Å². The number of methoxy groups -OCH3 is 1. The Morgan fingerprint density at radius 1 is 0.919 bits per heavy atom. The Hall–Kier alpha value is -3.69. The highest BCUT2D eigenvalue weighted by atomic mass is 32.2. The molecule has 0 bridgehead atoms. The number of likely N-dealkylation sites (N-methyl/N-ethyl adjacent to an activating group) is 1. The number of nitrogens with one attached hydrogen (secondary N) is 1. The van der Waals surface area contributed by atoms with Crippen molar-refractivity contribution >= 4 is 22.4 Å². The average Bonchev–Trinajstić information content (AvgIpc) is 3.35. The number of nitrogens with zero attached hydrogens (tertiary/aromatic N) is 4. The number of benzene rings is 3. The third-order valence-electron chi connectivity index (χ3n) is 6.61. The maximum atomic E-state index is 13.1. The molecule has 0 amide bonds. The van der Waals surface area contributed by atoms with E-state index in [1.807, 2.05) is 60.7 Å². The predicted octanol–water partition coefficient (Wildman–Crippen LogP) is 4.92. The van der Waals surface area contributed by atoms with Crippen molar-refractivity contribution < 1.29 is 13.4 Å². The number of hydrogen-bond donors (Lipinski definition) is 1. The lowest BCUT2D eigenvalue weighted by molar-refractivity contribution is 0.311. The second kappa shape index (κ2) is 10.7. The van der Waals surface area contributed by atoms with Gasteiger partial charge in [0.25, 0.3) is 0 Å². The van der Waals surface area contributed by atoms with Gasteiger partial charge in [0, 0.05) is 44.4 Å². The molecule has 1 N–H and O–H groups in total. The molecule has 1 aliphatic rings. The van der Waals surface area contributed by atoms with Crippen molar-refractivity contribution in [3.8, 4) is 28.3 Å². The summed E-state index contributed by atoms with van der Waals surface area (Å²) in [7, 11) is 2.41. The molecule has 9 heteroatoms. The van der Waals surface area contributed by atoms with Crippen LogP contribution in [0.2, 0.25) is 0 Å². The summed E-state index contributed by atoms with van der Waals surface area (Å²) in [6, 6.07) is 19.7. The van der Waals surface area contributed by atoms with Gasteiger partial charge in [-0.2, -0.15) is 0 Å². The summed E-state index contributed by atoms with van der Waals surface area (Å²) in [5.74, 6) is 1.87. The molecule has 4 aromatic rings. The number of anilines is 2. The van der Waals surface area contributed by atoms with Gasteiger partial charge in [0.15, 0.2) is 0 Å². The minimum absolute atomic E-state index is 0.512. The third kappa shape index (κ3) is 5.52. The quantitative estimate of drug-likeness (QED) is 0.373. The summed E-state index contributed by atoms with van der Waals surface area (Å²) < 4.78 is 27.4. The van der Waals surface area contributed by atoms with E-state index in [0.717, 1.165) is 65.6 Å². The van der Waals surface area contributed by atoms with E-state index in [1.165, 1.54) is 0 Å². The van der Waals surface area contributed by atoms with Crippen molar-refractivity contribution in [1.29, 1.82) is 0 Å². The molecule has 37 heavy (non-hydrogen) atoms. The molecule has 3 aromatic carbocycles. The molecular formula is C28H31N5O3S. The first-order chi connectivity index (χ1) is 17.9. The van der Waals surface area contributed by atoms with Crippen LogP contribution in [0, 0.1) is 13.8 Å². The summed E-state index contributed by atoms with van der Waals surface area (Å²) in [5.41, 5.74) is 5.93. The Balaban J connectivity index is 1.30. The van der Waals surface area contributed by atoms with Gasteiger partial charge in [-0.05, 0) is 73.1 Å². The zero-order chi connectivity index (χ0) is 25.9. The molecular weight excluding hydrogens is 486 g/mol. The molecule has 1 atom stereocenters. The van der Waals surface area contributed by atoms with Gasteiger partial charge >= 0.3 is 0 Å². The van der Waals surface area contributed by atoms with Crippen molar-refractivity contribution in [2.75, 3.05) is 50.0 Å². The van der Waals surface area contributed by atoms with E-state index in [0.29, 0.717) is 16.7 Å². The zero-order valence-electron chi connectivity index (χ0n) is 21.5. The Labute approximate surface area is 219 Å². The van der Waals surface area contributed by atoms with Crippen LogP contribution in [0.15, 0.2) is 70.0 Å². The Kier molecular flexibility index (Phi) is 7.25. The van der Waals surface area contributed by atoms with Crippen LogP contribution >= 0.6 is 0 Å². The van der Waals surface area contributed by atoms with Gasteiger partial charge in [0.05, 0.1) is 17.7 Å². The van der Waals surface area contributed by atoms with Crippen LogP contribution in [-0.2, 0) is 11.0 Å². The number of ether oxygens (including phenoxy) is 1. The molecule has 1 saturated heterocycles. The fourth-order valence-corrected chi connectivity index (χ4v) is 5.35. The Morgan fingerprint density at radius 3 is 2.30 bits per heavy atom. The molecule has 5 rings (SSSR count). The van der Waals surface area contributed by atoms with Crippen LogP contribution in [0.1, 0.15) is 11.5 Å². The summed E-state index contributed by atoms with van der Waals surface area (Å²) >= 11 is 0. The van der Waals surface area contributed by atoms with Gasteiger partial charge in [0.2, 0.25) is 11.8 Å². The number of hydrogen-bond acceptors (Lipinski definition) is 7. The third-order valence-corrected chi connectivity index (χ3v) is 7.73. The highest BCUT2D eigenvalue weighted by Crippen LogP contribution is 2.33. The van der Waals surface area contributed by atoms with E-state index in [-0.39, 0.29) is 0 Å². The van der Waals surface area contributed by atoms with E-state index >= 15 is 0 Å². The van der Waals surface area contributed by atoms with Gasteiger partial charge in [-0.25, -0.2) is 4.21 Å². The van der Waals surface area contributed by atoms with Crippen LogP contribution in [0.25, 0.3) is 22.6 Å². The van der Waals surface area contributed by atoms with Gasteiger partial charge < -0.3 is 23.7 Å². The van der Waals surface area contributed by atoms with Crippen LogP contribution < -0.4 is 14.4 Å². The van der Waals surface area contributed by atoms with E-state index in [4.69, 9.17) is 9.15 Å². The molecule has 8 nitrogen and oxygen atoms in total. The standard InChI is InChI=1S/C28H31N5O3S/c1-19-17-22(28-30-29-20(2)36-28)7-11-25(19)21-5-9-24(10-6-21)37(34)31-23-8-12-27(35-4)26(18-23)33-15-13-32(3)14-16-33/h5-12,17-18,31H,13-16H2,1-4H3. The van der Waals surface area contributed by atoms with Crippen molar-refractivity contribution in [3.63, 3.8) is 0 Å². The highest BCUT2D eigenvalue weighted by Gasteiger charge is 2.19. The largest absolute Gasteiger partial charge is 0.495 e. The number of aryl methyl sites for hydroxylation is 2. The second-order valence-electron chi connectivity index (χ2n) is 9.23. The zero-order valence-corrected chi connectivity index (χ0v) is 22.3. The first kappa shape index (κ1) is 25.0. The second-order valence-corrected chi connectivity index (χ2v) is 10.4. The average molecular weight is 518 g/mol. The SMILES string of the molecule is COc1ccc(NS(=O)c2ccc(-c3ccc(-c4nnc(C)o4)cc3C)cc2)cc1N1CCN(C)CC1. The normalized spacial score (nSPS) is 15.0. The summed E-state index contributed by atoms with van der Waals surface area (Å²) in [6.07, 6.45) is 0. The monoisotopic (exact) mass is 517 g/mol. The number of aromatic nitrogens is 2. The highest BCUT2D eigenvalue weighted by molar-refractivity contribution is 7.86. The Bertz CT molecular complexity index is 1410. The molecule has 1 fully saturated rings. The summed E-state index contributed by atoms with van der Waals surface area (Å²) in [5, 5.41) is 8.01. The summed E-state index contributed by atoms with van der Waals surface area (Å²) in [4.78, 5) is 5.33. The molecule has 0 saturated carbocycles. The number of rotatable bonds is 7. The molecule has 2 heterocycles. The molecule has 0 radical (unpaired) electrons. The molecule has 0 aliphatic carbocycles. The van der Waals surface area contributed by atoms with Gasteiger partial charge in [-0.15, -0.1) is 10.2 Å². The van der Waals surface area contributed by atoms with Gasteiger partial charge in [-0.3, -0.25) is 0 Å². The van der Waals surface area contributed by atoms with Crippen molar-refractivity contribution in [3.05, 3.63) is 72.1 Å². The van der Waals surface area contributed by atoms with Crippen molar-refractivity contribution in [2.45, 2.75) is 18.7 Å². The first-order valence-electron chi connectivity index (χ1n) is 12.2. The smallest absolute Gasteiger partial charge is 0.247 e. The minimum atomic E-state index is -1.40. The summed E-state index contributed by atoms with van der Waals surface area (Å²) in [6.45, 7) is 7.68. The maximum absolute atomic E-state index is 13.1. The van der Waals surface area contributed by atoms with Crippen LogP contribution in [-0.4, -0.2) is 59.6 Å². The minimum Gasteiger partial charge on any atom is -0.495 e. The fraction of sp³-hybridized carbons (Fsp3) is 0.286. The fourth-order valence-electron chi connectivity index (χ4n) is 4.51. The van der Waals surface area contributed by atoms with Crippen molar-refractivity contribution in [1.82, 2.24) is 15.1 Å². The molecule has 1 aromatic heterocycles. The topological polar surface area (TPSA) is 83.7 Å². The van der Waals surface area contributed by atoms with Crippen LogP contribution in [0.5, 0.6) is 5.75 Å². The lowest BCUT2D eigenvalue weighted by Gasteiger charge is -2.34. The maximum Gasteiger partial charge on any atom is 0.247 e. The van der Waals surface area contributed by atoms with E-state index in [2.05, 4.69) is 38.7 Å².